The fourth-order valence-corrected chi connectivity index (χ4v) is 3.29. The molecule has 0 bridgehead atoms. The summed E-state index contributed by atoms with van der Waals surface area (Å²) in [5.41, 5.74) is 3.43. The van der Waals surface area contributed by atoms with Crippen molar-refractivity contribution in [2.24, 2.45) is 0 Å². The first kappa shape index (κ1) is 20.9. The Hall–Kier alpha value is -4.33. The van der Waals surface area contributed by atoms with Gasteiger partial charge in [0.05, 0.1) is 16.3 Å². The molecular weight excluding hydrogens is 411 g/mol. The average Bonchev–Trinajstić information content (AvgIpc) is 3.22. The first-order valence-corrected chi connectivity index (χ1v) is 9.82. The van der Waals surface area contributed by atoms with Gasteiger partial charge in [0.25, 0.3) is 11.6 Å². The standard InChI is InChI=1S/C24H19FN4O3/c1-15-10-11-17(12-16(15)2)26-24(30)23-14-22(20-8-3-4-9-21(20)25)27-28(23)18-6-5-7-19(13-18)29(31)32/h3-14H,1-2H3,(H,26,30). The van der Waals surface area contributed by atoms with Crippen LogP contribution in [0.25, 0.3) is 16.9 Å². The molecule has 0 radical (unpaired) electrons. The summed E-state index contributed by atoms with van der Waals surface area (Å²) >= 11 is 0. The van der Waals surface area contributed by atoms with Crippen LogP contribution in [0.5, 0.6) is 0 Å². The number of nitro benzene ring substituents is 1. The third-order valence-corrected chi connectivity index (χ3v) is 5.14. The zero-order valence-electron chi connectivity index (χ0n) is 17.4. The molecule has 0 fully saturated rings. The summed E-state index contributed by atoms with van der Waals surface area (Å²) < 4.78 is 15.7. The van der Waals surface area contributed by atoms with E-state index in [4.69, 9.17) is 0 Å². The second kappa shape index (κ2) is 8.43. The molecule has 0 aliphatic heterocycles. The first-order valence-electron chi connectivity index (χ1n) is 9.82. The van der Waals surface area contributed by atoms with E-state index < -0.39 is 16.6 Å². The second-order valence-electron chi connectivity index (χ2n) is 7.34. The maximum Gasteiger partial charge on any atom is 0.274 e. The van der Waals surface area contributed by atoms with Crippen LogP contribution in [0.1, 0.15) is 21.6 Å². The molecule has 7 nitrogen and oxygen atoms in total. The molecular formula is C24H19FN4O3. The molecule has 0 saturated carbocycles. The van der Waals surface area contributed by atoms with E-state index >= 15 is 0 Å². The molecule has 1 amide bonds. The van der Waals surface area contributed by atoms with Crippen LogP contribution in [0, 0.1) is 29.8 Å². The monoisotopic (exact) mass is 430 g/mol. The van der Waals surface area contributed by atoms with E-state index in [1.54, 1.807) is 30.3 Å². The Morgan fingerprint density at radius 3 is 2.50 bits per heavy atom. The van der Waals surface area contributed by atoms with Crippen LogP contribution in [0.15, 0.2) is 72.8 Å². The van der Waals surface area contributed by atoms with Gasteiger partial charge in [-0.15, -0.1) is 0 Å². The molecule has 1 N–H and O–H groups in total. The second-order valence-corrected chi connectivity index (χ2v) is 7.34. The Kier molecular flexibility index (Phi) is 5.51. The minimum Gasteiger partial charge on any atom is -0.321 e. The summed E-state index contributed by atoms with van der Waals surface area (Å²) in [7, 11) is 0. The number of carbonyl (C=O) groups is 1. The van der Waals surface area contributed by atoms with E-state index in [9.17, 15) is 19.3 Å². The molecule has 0 saturated heterocycles. The van der Waals surface area contributed by atoms with Crippen LogP contribution >= 0.6 is 0 Å². The van der Waals surface area contributed by atoms with Gasteiger partial charge in [0.2, 0.25) is 0 Å². The van der Waals surface area contributed by atoms with E-state index in [2.05, 4.69) is 10.4 Å². The Labute approximate surface area is 183 Å². The maximum atomic E-state index is 14.4. The van der Waals surface area contributed by atoms with E-state index in [0.29, 0.717) is 11.4 Å². The molecule has 0 atom stereocenters. The lowest BCUT2D eigenvalue weighted by Gasteiger charge is -2.10. The van der Waals surface area contributed by atoms with E-state index in [1.807, 2.05) is 26.0 Å². The molecule has 0 unspecified atom stereocenters. The normalized spacial score (nSPS) is 10.7. The van der Waals surface area contributed by atoms with Crippen LogP contribution in [-0.2, 0) is 0 Å². The number of hydrogen-bond acceptors (Lipinski definition) is 4. The van der Waals surface area contributed by atoms with Gasteiger partial charge in [0.15, 0.2) is 0 Å². The molecule has 32 heavy (non-hydrogen) atoms. The van der Waals surface area contributed by atoms with Crippen molar-refractivity contribution < 1.29 is 14.1 Å². The van der Waals surface area contributed by atoms with Crippen LogP contribution in [-0.4, -0.2) is 20.6 Å². The van der Waals surface area contributed by atoms with Crippen molar-refractivity contribution in [2.45, 2.75) is 13.8 Å². The number of nitrogens with one attached hydrogen (secondary N) is 1. The molecule has 160 valence electrons. The number of aromatic nitrogens is 2. The van der Waals surface area contributed by atoms with Crippen LogP contribution in [0.2, 0.25) is 0 Å². The Morgan fingerprint density at radius 1 is 1.00 bits per heavy atom. The van der Waals surface area contributed by atoms with Gasteiger partial charge in [0, 0.05) is 23.4 Å². The van der Waals surface area contributed by atoms with Crippen molar-refractivity contribution >= 4 is 17.3 Å². The number of non-ortho nitro benzene ring substituents is 1. The van der Waals surface area contributed by atoms with Gasteiger partial charge >= 0.3 is 0 Å². The van der Waals surface area contributed by atoms with Crippen molar-refractivity contribution in [1.82, 2.24) is 9.78 Å². The molecule has 0 spiro atoms. The van der Waals surface area contributed by atoms with Crippen molar-refractivity contribution in [3.8, 4) is 16.9 Å². The van der Waals surface area contributed by atoms with Crippen LogP contribution < -0.4 is 5.32 Å². The van der Waals surface area contributed by atoms with Gasteiger partial charge in [0.1, 0.15) is 11.5 Å². The lowest BCUT2D eigenvalue weighted by Crippen LogP contribution is -2.17. The summed E-state index contributed by atoms with van der Waals surface area (Å²) in [6, 6.07) is 18.8. The molecule has 3 aromatic carbocycles. The number of nitrogens with zero attached hydrogens (tertiary/aromatic N) is 3. The lowest BCUT2D eigenvalue weighted by molar-refractivity contribution is -0.384. The zero-order valence-corrected chi connectivity index (χ0v) is 17.4. The van der Waals surface area contributed by atoms with Gasteiger partial charge < -0.3 is 5.32 Å². The third kappa shape index (κ3) is 4.11. The number of aryl methyl sites for hydroxylation is 2. The largest absolute Gasteiger partial charge is 0.321 e. The quantitative estimate of drug-likeness (QED) is 0.336. The highest BCUT2D eigenvalue weighted by Gasteiger charge is 2.20. The summed E-state index contributed by atoms with van der Waals surface area (Å²) in [4.78, 5) is 23.8. The zero-order chi connectivity index (χ0) is 22.8. The fourth-order valence-electron chi connectivity index (χ4n) is 3.29. The minimum atomic E-state index is -0.528. The molecule has 8 heteroatoms. The van der Waals surface area contributed by atoms with E-state index in [-0.39, 0.29) is 22.6 Å². The topological polar surface area (TPSA) is 90.1 Å². The van der Waals surface area contributed by atoms with Crippen LogP contribution in [0.4, 0.5) is 15.8 Å². The Balaban J connectivity index is 1.81. The minimum absolute atomic E-state index is 0.113. The van der Waals surface area contributed by atoms with Crippen LogP contribution in [0.3, 0.4) is 0 Å². The number of amides is 1. The van der Waals surface area contributed by atoms with Crippen molar-refractivity contribution in [2.75, 3.05) is 5.32 Å². The van der Waals surface area contributed by atoms with Gasteiger partial charge in [-0.3, -0.25) is 14.9 Å². The Morgan fingerprint density at radius 2 is 1.78 bits per heavy atom. The molecule has 0 aliphatic rings. The first-order chi connectivity index (χ1) is 15.3. The predicted octanol–water partition coefficient (Wildman–Crippen LogP) is 5.46. The lowest BCUT2D eigenvalue weighted by atomic mass is 10.1. The number of anilines is 1. The number of carbonyl (C=O) groups excluding carboxylic acids is 1. The number of hydrogen-bond donors (Lipinski definition) is 1. The molecule has 4 aromatic rings. The molecule has 1 heterocycles. The smallest absolute Gasteiger partial charge is 0.274 e. The Bertz CT molecular complexity index is 1350. The number of benzene rings is 3. The summed E-state index contributed by atoms with van der Waals surface area (Å²) in [5, 5.41) is 18.4. The summed E-state index contributed by atoms with van der Waals surface area (Å²) in [6.07, 6.45) is 0. The van der Waals surface area contributed by atoms with Gasteiger partial charge in [-0.1, -0.05) is 24.3 Å². The molecule has 1 aromatic heterocycles. The van der Waals surface area contributed by atoms with Gasteiger partial charge in [-0.25, -0.2) is 9.07 Å². The number of nitro groups is 1. The van der Waals surface area contributed by atoms with Crippen molar-refractivity contribution in [3.05, 3.63) is 106 Å². The number of halogens is 1. The van der Waals surface area contributed by atoms with Crippen molar-refractivity contribution in [3.63, 3.8) is 0 Å². The number of rotatable bonds is 5. The van der Waals surface area contributed by atoms with E-state index in [1.165, 1.54) is 35.0 Å². The van der Waals surface area contributed by atoms with Gasteiger partial charge in [-0.05, 0) is 61.4 Å². The SMILES string of the molecule is Cc1ccc(NC(=O)c2cc(-c3ccccc3F)nn2-c2cccc([N+](=O)[O-])c2)cc1C. The third-order valence-electron chi connectivity index (χ3n) is 5.14. The molecule has 4 rings (SSSR count). The highest BCUT2D eigenvalue weighted by atomic mass is 19.1. The summed E-state index contributed by atoms with van der Waals surface area (Å²) in [6.45, 7) is 3.91. The fraction of sp³-hybridized carbons (Fsp3) is 0.0833. The average molecular weight is 430 g/mol. The van der Waals surface area contributed by atoms with Gasteiger partial charge in [-0.2, -0.15) is 5.10 Å². The predicted molar refractivity (Wildman–Crippen MR) is 119 cm³/mol. The highest BCUT2D eigenvalue weighted by Crippen LogP contribution is 2.26. The summed E-state index contributed by atoms with van der Waals surface area (Å²) in [5.74, 6) is -0.966. The van der Waals surface area contributed by atoms with E-state index in [0.717, 1.165) is 11.1 Å². The van der Waals surface area contributed by atoms with Crippen molar-refractivity contribution in [1.29, 1.82) is 0 Å². The maximum absolute atomic E-state index is 14.4. The highest BCUT2D eigenvalue weighted by molar-refractivity contribution is 6.04. The molecule has 0 aliphatic carbocycles.